The van der Waals surface area contributed by atoms with Crippen molar-refractivity contribution < 1.29 is 8.42 Å². The average Bonchev–Trinajstić information content (AvgIpc) is 2.28. The monoisotopic (exact) mass is 242 g/mol. The highest BCUT2D eigenvalue weighted by atomic mass is 32.2. The molecule has 4 nitrogen and oxygen atoms in total. The Morgan fingerprint density at radius 1 is 1.19 bits per heavy atom. The van der Waals surface area contributed by atoms with Crippen LogP contribution in [0.1, 0.15) is 38.5 Å². The Bertz CT molecular complexity index is 383. The van der Waals surface area contributed by atoms with Gasteiger partial charge in [-0.3, -0.25) is 0 Å². The number of rotatable bonds is 2. The fourth-order valence-electron chi connectivity index (χ4n) is 3.09. The van der Waals surface area contributed by atoms with Gasteiger partial charge in [0.05, 0.1) is 6.07 Å². The molecule has 1 saturated carbocycles. The molecule has 2 atom stereocenters. The van der Waals surface area contributed by atoms with Crippen LogP contribution in [0.25, 0.3) is 0 Å². The van der Waals surface area contributed by atoms with Crippen molar-refractivity contribution in [3.05, 3.63) is 0 Å². The van der Waals surface area contributed by atoms with E-state index < -0.39 is 10.0 Å². The van der Waals surface area contributed by atoms with Gasteiger partial charge in [-0.05, 0) is 31.6 Å². The zero-order valence-electron chi connectivity index (χ0n) is 9.43. The first kappa shape index (κ1) is 11.9. The standard InChI is InChI=1S/C11H18N2O2S/c12-7-9-16(14,15)13-8-3-5-10-4-1-2-6-11(10)13/h10-11H,1-6,8-9H2. The van der Waals surface area contributed by atoms with Gasteiger partial charge in [-0.1, -0.05) is 12.8 Å². The van der Waals surface area contributed by atoms with Crippen LogP contribution in [-0.4, -0.2) is 31.1 Å². The molecule has 1 heterocycles. The highest BCUT2D eigenvalue weighted by Crippen LogP contribution is 2.36. The Hall–Kier alpha value is -0.600. The lowest BCUT2D eigenvalue weighted by molar-refractivity contribution is 0.129. The smallest absolute Gasteiger partial charge is 0.211 e. The minimum atomic E-state index is -3.33. The lowest BCUT2D eigenvalue weighted by Crippen LogP contribution is -2.50. The summed E-state index contributed by atoms with van der Waals surface area (Å²) in [5, 5.41) is 8.57. The predicted octanol–water partition coefficient (Wildman–Crippen LogP) is 1.49. The van der Waals surface area contributed by atoms with Crippen LogP contribution in [0.3, 0.4) is 0 Å². The summed E-state index contributed by atoms with van der Waals surface area (Å²) >= 11 is 0. The molecule has 1 aliphatic heterocycles. The molecule has 2 fully saturated rings. The maximum Gasteiger partial charge on any atom is 0.227 e. The molecule has 0 aromatic heterocycles. The van der Waals surface area contributed by atoms with E-state index in [1.54, 1.807) is 10.4 Å². The molecule has 0 spiro atoms. The van der Waals surface area contributed by atoms with Gasteiger partial charge >= 0.3 is 0 Å². The summed E-state index contributed by atoms with van der Waals surface area (Å²) < 4.78 is 25.5. The first-order valence-electron chi connectivity index (χ1n) is 6.01. The van der Waals surface area contributed by atoms with Gasteiger partial charge in [0.15, 0.2) is 5.75 Å². The molecular weight excluding hydrogens is 224 g/mol. The zero-order valence-corrected chi connectivity index (χ0v) is 10.2. The van der Waals surface area contributed by atoms with Crippen LogP contribution < -0.4 is 0 Å². The van der Waals surface area contributed by atoms with E-state index >= 15 is 0 Å². The summed E-state index contributed by atoms with van der Waals surface area (Å²) in [6, 6.07) is 1.95. The summed E-state index contributed by atoms with van der Waals surface area (Å²) in [6.07, 6.45) is 6.60. The Morgan fingerprint density at radius 3 is 2.62 bits per heavy atom. The largest absolute Gasteiger partial charge is 0.227 e. The van der Waals surface area contributed by atoms with Crippen LogP contribution in [0.15, 0.2) is 0 Å². The molecule has 0 bridgehead atoms. The summed E-state index contributed by atoms with van der Waals surface area (Å²) in [5.41, 5.74) is 0. The molecule has 0 amide bonds. The van der Waals surface area contributed by atoms with Crippen LogP contribution >= 0.6 is 0 Å². The second-order valence-corrected chi connectivity index (χ2v) is 6.70. The fourth-order valence-corrected chi connectivity index (χ4v) is 4.52. The van der Waals surface area contributed by atoms with Gasteiger partial charge in [-0.25, -0.2) is 8.42 Å². The predicted molar refractivity (Wildman–Crippen MR) is 61.1 cm³/mol. The SMILES string of the molecule is N#CCS(=O)(=O)N1CCCC2CCCCC21. The highest BCUT2D eigenvalue weighted by Gasteiger charge is 2.38. The van der Waals surface area contributed by atoms with E-state index in [2.05, 4.69) is 0 Å². The first-order chi connectivity index (χ1) is 7.65. The molecule has 16 heavy (non-hydrogen) atoms. The number of piperidine rings is 1. The van der Waals surface area contributed by atoms with Crippen LogP contribution in [0.5, 0.6) is 0 Å². The minimum absolute atomic E-state index is 0.181. The summed E-state index contributed by atoms with van der Waals surface area (Å²) in [5.74, 6) is 0.173. The van der Waals surface area contributed by atoms with Crippen molar-refractivity contribution in [2.45, 2.75) is 44.6 Å². The molecule has 2 unspecified atom stereocenters. The van der Waals surface area contributed by atoms with Crippen LogP contribution in [0.2, 0.25) is 0 Å². The molecule has 0 radical (unpaired) electrons. The molecule has 2 aliphatic rings. The van der Waals surface area contributed by atoms with Gasteiger partial charge in [-0.15, -0.1) is 0 Å². The lowest BCUT2D eigenvalue weighted by atomic mass is 9.79. The van der Waals surface area contributed by atoms with Crippen molar-refractivity contribution in [3.8, 4) is 6.07 Å². The quantitative estimate of drug-likeness (QED) is 0.737. The van der Waals surface area contributed by atoms with E-state index in [9.17, 15) is 8.42 Å². The third-order valence-corrected chi connectivity index (χ3v) is 5.46. The maximum absolute atomic E-state index is 11.9. The van der Waals surface area contributed by atoms with Gasteiger partial charge in [0, 0.05) is 12.6 Å². The molecule has 5 heteroatoms. The zero-order chi connectivity index (χ0) is 11.6. The number of nitrogens with zero attached hydrogens (tertiary/aromatic N) is 2. The van der Waals surface area contributed by atoms with Gasteiger partial charge in [0.1, 0.15) is 0 Å². The number of sulfonamides is 1. The van der Waals surface area contributed by atoms with Crippen LogP contribution in [-0.2, 0) is 10.0 Å². The highest BCUT2D eigenvalue weighted by molar-refractivity contribution is 7.89. The molecule has 0 N–H and O–H groups in total. The summed E-state index contributed by atoms with van der Waals surface area (Å²) in [6.45, 7) is 0.616. The average molecular weight is 242 g/mol. The second kappa shape index (κ2) is 4.72. The van der Waals surface area contributed by atoms with Crippen molar-refractivity contribution in [2.75, 3.05) is 12.3 Å². The molecule has 1 saturated heterocycles. The Balaban J connectivity index is 2.17. The molecule has 1 aliphatic carbocycles. The van der Waals surface area contributed by atoms with Gasteiger partial charge in [0.25, 0.3) is 0 Å². The topological polar surface area (TPSA) is 61.2 Å². The molecular formula is C11H18N2O2S. The van der Waals surface area contributed by atoms with Crippen LogP contribution in [0.4, 0.5) is 0 Å². The van der Waals surface area contributed by atoms with Gasteiger partial charge < -0.3 is 0 Å². The third-order valence-electron chi connectivity index (χ3n) is 3.80. The number of hydrogen-bond acceptors (Lipinski definition) is 3. The molecule has 2 rings (SSSR count). The van der Waals surface area contributed by atoms with E-state index in [0.717, 1.165) is 32.1 Å². The van der Waals surface area contributed by atoms with Crippen molar-refractivity contribution in [3.63, 3.8) is 0 Å². The summed E-state index contributed by atoms with van der Waals surface area (Å²) in [4.78, 5) is 0. The van der Waals surface area contributed by atoms with E-state index in [-0.39, 0.29) is 11.8 Å². The minimum Gasteiger partial charge on any atom is -0.211 e. The van der Waals surface area contributed by atoms with Gasteiger partial charge in [0.2, 0.25) is 10.0 Å². The molecule has 0 aromatic rings. The number of fused-ring (bicyclic) bond motifs is 1. The van der Waals surface area contributed by atoms with Crippen molar-refractivity contribution in [2.24, 2.45) is 5.92 Å². The van der Waals surface area contributed by atoms with Crippen molar-refractivity contribution >= 4 is 10.0 Å². The fraction of sp³-hybridized carbons (Fsp3) is 0.909. The Kier molecular flexibility index (Phi) is 3.50. The normalized spacial score (nSPS) is 31.7. The second-order valence-electron chi connectivity index (χ2n) is 4.78. The number of nitriles is 1. The lowest BCUT2D eigenvalue weighted by Gasteiger charge is -2.42. The Morgan fingerprint density at radius 2 is 1.88 bits per heavy atom. The first-order valence-corrected chi connectivity index (χ1v) is 7.62. The van der Waals surface area contributed by atoms with Crippen molar-refractivity contribution in [1.29, 1.82) is 5.26 Å². The van der Waals surface area contributed by atoms with E-state index in [4.69, 9.17) is 5.26 Å². The maximum atomic E-state index is 11.9. The van der Waals surface area contributed by atoms with Crippen molar-refractivity contribution in [1.82, 2.24) is 4.31 Å². The third kappa shape index (κ3) is 2.23. The molecule has 90 valence electrons. The molecule has 0 aromatic carbocycles. The Labute approximate surface area is 97.3 Å². The number of hydrogen-bond donors (Lipinski definition) is 0. The van der Waals surface area contributed by atoms with E-state index in [1.807, 2.05) is 0 Å². The van der Waals surface area contributed by atoms with Gasteiger partial charge in [-0.2, -0.15) is 9.57 Å². The van der Waals surface area contributed by atoms with E-state index in [1.165, 1.54) is 6.42 Å². The summed E-state index contributed by atoms with van der Waals surface area (Å²) in [7, 11) is -3.33. The van der Waals surface area contributed by atoms with Crippen LogP contribution in [0, 0.1) is 17.2 Å². The van der Waals surface area contributed by atoms with E-state index in [0.29, 0.717) is 12.5 Å².